The second-order valence-corrected chi connectivity index (χ2v) is 4.92. The third kappa shape index (κ3) is 7.19. The zero-order valence-electron chi connectivity index (χ0n) is 12.2. The van der Waals surface area contributed by atoms with E-state index in [2.05, 4.69) is 31.3 Å². The van der Waals surface area contributed by atoms with Crippen LogP contribution in [0.15, 0.2) is 24.3 Å². The van der Waals surface area contributed by atoms with Crippen molar-refractivity contribution in [2.75, 3.05) is 19.7 Å². The lowest BCUT2D eigenvalue weighted by Gasteiger charge is -2.13. The Bertz CT molecular complexity index is 324. The minimum absolute atomic E-state index is 0.338. The summed E-state index contributed by atoms with van der Waals surface area (Å²) in [5, 5.41) is 12.9. The highest BCUT2D eigenvalue weighted by atomic mass is 16.5. The molecule has 0 saturated heterocycles. The second kappa shape index (κ2) is 9.82. The molecule has 1 aromatic carbocycles. The van der Waals surface area contributed by atoms with Gasteiger partial charge in [0.05, 0.1) is 0 Å². The standard InChI is InChI=1S/C16H27NO2/c1-3-5-6-14-7-9-16(10-8-14)19-13-15(18)12-17-11-4-2/h7-10,15,17-18H,3-6,11-13H2,1-2H3. The van der Waals surface area contributed by atoms with E-state index in [1.165, 1.54) is 18.4 Å². The highest BCUT2D eigenvalue weighted by molar-refractivity contribution is 5.27. The summed E-state index contributed by atoms with van der Waals surface area (Å²) in [5.74, 6) is 0.829. The lowest BCUT2D eigenvalue weighted by atomic mass is 10.1. The van der Waals surface area contributed by atoms with Gasteiger partial charge >= 0.3 is 0 Å². The van der Waals surface area contributed by atoms with Crippen LogP contribution in [-0.2, 0) is 6.42 Å². The maximum atomic E-state index is 9.72. The van der Waals surface area contributed by atoms with Crippen LogP contribution in [0.4, 0.5) is 0 Å². The molecule has 1 aromatic rings. The number of aliphatic hydroxyl groups excluding tert-OH is 1. The van der Waals surface area contributed by atoms with E-state index in [4.69, 9.17) is 4.74 Å². The van der Waals surface area contributed by atoms with Crippen molar-refractivity contribution in [3.05, 3.63) is 29.8 Å². The van der Waals surface area contributed by atoms with Gasteiger partial charge in [0.1, 0.15) is 18.5 Å². The van der Waals surface area contributed by atoms with Gasteiger partial charge in [0.25, 0.3) is 0 Å². The molecule has 0 bridgehead atoms. The number of nitrogens with one attached hydrogen (secondary N) is 1. The van der Waals surface area contributed by atoms with Crippen molar-refractivity contribution < 1.29 is 9.84 Å². The van der Waals surface area contributed by atoms with Crippen molar-refractivity contribution in [1.29, 1.82) is 0 Å². The van der Waals surface area contributed by atoms with E-state index < -0.39 is 6.10 Å². The van der Waals surface area contributed by atoms with Gasteiger partial charge in [-0.15, -0.1) is 0 Å². The SMILES string of the molecule is CCCCc1ccc(OCC(O)CNCCC)cc1. The van der Waals surface area contributed by atoms with Crippen LogP contribution < -0.4 is 10.1 Å². The Morgan fingerprint density at radius 1 is 1.16 bits per heavy atom. The fourth-order valence-electron chi connectivity index (χ4n) is 1.83. The number of aryl methyl sites for hydroxylation is 1. The Morgan fingerprint density at radius 2 is 1.89 bits per heavy atom. The third-order valence-electron chi connectivity index (χ3n) is 2.99. The van der Waals surface area contributed by atoms with Gasteiger partial charge < -0.3 is 15.2 Å². The molecule has 2 N–H and O–H groups in total. The quantitative estimate of drug-likeness (QED) is 0.639. The van der Waals surface area contributed by atoms with Gasteiger partial charge in [-0.1, -0.05) is 32.4 Å². The van der Waals surface area contributed by atoms with Crippen molar-refractivity contribution in [3.63, 3.8) is 0 Å². The van der Waals surface area contributed by atoms with Crippen LogP contribution in [-0.4, -0.2) is 30.9 Å². The largest absolute Gasteiger partial charge is 0.491 e. The Kier molecular flexibility index (Phi) is 8.26. The van der Waals surface area contributed by atoms with E-state index >= 15 is 0 Å². The highest BCUT2D eigenvalue weighted by Crippen LogP contribution is 2.14. The number of benzene rings is 1. The Labute approximate surface area is 117 Å². The van der Waals surface area contributed by atoms with Gasteiger partial charge in [0, 0.05) is 6.54 Å². The first kappa shape index (κ1) is 16.0. The topological polar surface area (TPSA) is 41.5 Å². The first-order chi connectivity index (χ1) is 9.26. The lowest BCUT2D eigenvalue weighted by Crippen LogP contribution is -2.31. The molecule has 0 aliphatic heterocycles. The summed E-state index contributed by atoms with van der Waals surface area (Å²) in [7, 11) is 0. The van der Waals surface area contributed by atoms with Crippen LogP contribution in [0.2, 0.25) is 0 Å². The fourth-order valence-corrected chi connectivity index (χ4v) is 1.83. The maximum Gasteiger partial charge on any atom is 0.119 e. The van der Waals surface area contributed by atoms with E-state index in [1.54, 1.807) is 0 Å². The molecule has 0 saturated carbocycles. The van der Waals surface area contributed by atoms with Gasteiger partial charge in [-0.25, -0.2) is 0 Å². The molecule has 3 nitrogen and oxygen atoms in total. The minimum atomic E-state index is -0.452. The van der Waals surface area contributed by atoms with Gasteiger partial charge in [-0.05, 0) is 43.5 Å². The number of hydrogen-bond acceptors (Lipinski definition) is 3. The number of rotatable bonds is 10. The molecule has 0 radical (unpaired) electrons. The van der Waals surface area contributed by atoms with E-state index in [-0.39, 0.29) is 0 Å². The summed E-state index contributed by atoms with van der Waals surface area (Å²) in [6.07, 6.45) is 4.19. The van der Waals surface area contributed by atoms with Gasteiger partial charge in [-0.2, -0.15) is 0 Å². The molecule has 1 unspecified atom stereocenters. The normalized spacial score (nSPS) is 12.4. The molecule has 1 atom stereocenters. The van der Waals surface area contributed by atoms with Crippen LogP contribution in [0.5, 0.6) is 5.75 Å². The van der Waals surface area contributed by atoms with Crippen molar-refractivity contribution in [3.8, 4) is 5.75 Å². The highest BCUT2D eigenvalue weighted by Gasteiger charge is 2.04. The van der Waals surface area contributed by atoms with Crippen molar-refractivity contribution >= 4 is 0 Å². The van der Waals surface area contributed by atoms with Gasteiger partial charge in [0.2, 0.25) is 0 Å². The molecule has 108 valence electrons. The zero-order chi connectivity index (χ0) is 13.9. The average Bonchev–Trinajstić information content (AvgIpc) is 2.44. The Hall–Kier alpha value is -1.06. The van der Waals surface area contributed by atoms with E-state index in [0.29, 0.717) is 13.2 Å². The Morgan fingerprint density at radius 3 is 2.53 bits per heavy atom. The summed E-state index contributed by atoms with van der Waals surface area (Å²) >= 11 is 0. The predicted molar refractivity (Wildman–Crippen MR) is 79.7 cm³/mol. The molecule has 0 aliphatic carbocycles. The average molecular weight is 265 g/mol. The zero-order valence-corrected chi connectivity index (χ0v) is 12.2. The summed E-state index contributed by atoms with van der Waals surface area (Å²) in [4.78, 5) is 0. The molecule has 0 spiro atoms. The summed E-state index contributed by atoms with van der Waals surface area (Å²) in [6, 6.07) is 8.17. The maximum absolute atomic E-state index is 9.72. The van der Waals surface area contributed by atoms with Crippen LogP contribution in [0.3, 0.4) is 0 Å². The van der Waals surface area contributed by atoms with Gasteiger partial charge in [-0.3, -0.25) is 0 Å². The minimum Gasteiger partial charge on any atom is -0.491 e. The van der Waals surface area contributed by atoms with Crippen LogP contribution >= 0.6 is 0 Å². The first-order valence-electron chi connectivity index (χ1n) is 7.36. The second-order valence-electron chi connectivity index (χ2n) is 4.92. The molecule has 0 heterocycles. The molecule has 19 heavy (non-hydrogen) atoms. The van der Waals surface area contributed by atoms with E-state index in [0.717, 1.165) is 25.1 Å². The monoisotopic (exact) mass is 265 g/mol. The molecular weight excluding hydrogens is 238 g/mol. The molecular formula is C16H27NO2. The molecule has 0 amide bonds. The number of unbranched alkanes of at least 4 members (excludes halogenated alkanes) is 1. The molecule has 0 fully saturated rings. The fraction of sp³-hybridized carbons (Fsp3) is 0.625. The van der Waals surface area contributed by atoms with E-state index in [9.17, 15) is 5.11 Å². The summed E-state index contributed by atoms with van der Waals surface area (Å²) in [5.41, 5.74) is 1.35. The van der Waals surface area contributed by atoms with Crippen LogP contribution in [0.1, 0.15) is 38.7 Å². The van der Waals surface area contributed by atoms with Crippen LogP contribution in [0.25, 0.3) is 0 Å². The smallest absolute Gasteiger partial charge is 0.119 e. The molecule has 3 heteroatoms. The van der Waals surface area contributed by atoms with Crippen molar-refractivity contribution in [2.45, 2.75) is 45.6 Å². The Balaban J connectivity index is 2.25. The van der Waals surface area contributed by atoms with Crippen molar-refractivity contribution in [1.82, 2.24) is 5.32 Å². The number of aliphatic hydroxyl groups is 1. The summed E-state index contributed by atoms with van der Waals surface area (Å²) in [6.45, 7) is 6.16. The predicted octanol–water partition coefficient (Wildman–Crippen LogP) is 2.77. The molecule has 0 aliphatic rings. The third-order valence-corrected chi connectivity index (χ3v) is 2.99. The molecule has 0 aromatic heterocycles. The number of ether oxygens (including phenoxy) is 1. The number of hydrogen-bond donors (Lipinski definition) is 2. The van der Waals surface area contributed by atoms with Gasteiger partial charge in [0.15, 0.2) is 0 Å². The van der Waals surface area contributed by atoms with Crippen LogP contribution in [0, 0.1) is 0 Å². The first-order valence-corrected chi connectivity index (χ1v) is 7.36. The van der Waals surface area contributed by atoms with Crippen molar-refractivity contribution in [2.24, 2.45) is 0 Å². The lowest BCUT2D eigenvalue weighted by molar-refractivity contribution is 0.106. The molecule has 1 rings (SSSR count). The van der Waals surface area contributed by atoms with E-state index in [1.807, 2.05) is 12.1 Å². The summed E-state index contributed by atoms with van der Waals surface area (Å²) < 4.78 is 5.57.